The van der Waals surface area contributed by atoms with Gasteiger partial charge >= 0.3 is 0 Å². The van der Waals surface area contributed by atoms with Crippen LogP contribution in [-0.4, -0.2) is 39.5 Å². The molecule has 0 atom stereocenters. The second-order valence-corrected chi connectivity index (χ2v) is 8.49. The molecule has 10 heteroatoms. The monoisotopic (exact) mass is 457 g/mol. The molecule has 0 aliphatic carbocycles. The van der Waals surface area contributed by atoms with E-state index in [-0.39, 0.29) is 35.2 Å². The third kappa shape index (κ3) is 6.12. The lowest BCUT2D eigenvalue weighted by Gasteiger charge is -2.26. The second kappa shape index (κ2) is 10.7. The number of rotatable bonds is 7. The number of sulfonamides is 1. The van der Waals surface area contributed by atoms with Crippen molar-refractivity contribution >= 4 is 22.4 Å². The summed E-state index contributed by atoms with van der Waals surface area (Å²) in [6.45, 7) is 2.61. The van der Waals surface area contributed by atoms with E-state index in [1.165, 1.54) is 18.6 Å². The van der Waals surface area contributed by atoms with Crippen LogP contribution in [0, 0.1) is 23.0 Å². The Balaban J connectivity index is 0.00000320. The molecule has 1 fully saturated rings. The van der Waals surface area contributed by atoms with Crippen molar-refractivity contribution < 1.29 is 21.9 Å². The summed E-state index contributed by atoms with van der Waals surface area (Å²) in [7, 11) is -4.04. The minimum atomic E-state index is -4.04. The largest absolute Gasteiger partial charge is 0.453 e. The van der Waals surface area contributed by atoms with Gasteiger partial charge in [0.2, 0.25) is 10.0 Å². The fourth-order valence-corrected chi connectivity index (χ4v) is 4.32. The molecule has 0 amide bonds. The molecule has 0 radical (unpaired) electrons. The number of nitrogens with one attached hydrogen (secondary N) is 1. The Morgan fingerprint density at radius 3 is 2.50 bits per heavy atom. The molecule has 30 heavy (non-hydrogen) atoms. The van der Waals surface area contributed by atoms with E-state index >= 15 is 0 Å². The van der Waals surface area contributed by atoms with Gasteiger partial charge in [0.05, 0.1) is 11.6 Å². The van der Waals surface area contributed by atoms with Gasteiger partial charge in [0.15, 0.2) is 11.6 Å². The van der Waals surface area contributed by atoms with Crippen LogP contribution in [0.3, 0.4) is 0 Å². The van der Waals surface area contributed by atoms with E-state index in [1.54, 1.807) is 0 Å². The normalized spacial score (nSPS) is 14.6. The highest BCUT2D eigenvalue weighted by Crippen LogP contribution is 2.31. The Morgan fingerprint density at radius 1 is 1.07 bits per heavy atom. The van der Waals surface area contributed by atoms with Crippen molar-refractivity contribution in [3.05, 3.63) is 53.6 Å². The molecule has 2 aromatic rings. The van der Waals surface area contributed by atoms with Crippen LogP contribution in [0.4, 0.5) is 8.78 Å². The Morgan fingerprint density at radius 2 is 1.80 bits per heavy atom. The van der Waals surface area contributed by atoms with Gasteiger partial charge in [0, 0.05) is 19.2 Å². The van der Waals surface area contributed by atoms with Crippen LogP contribution < -0.4 is 9.46 Å². The van der Waals surface area contributed by atoms with Crippen LogP contribution in [0.15, 0.2) is 41.3 Å². The van der Waals surface area contributed by atoms with Crippen LogP contribution >= 0.6 is 12.4 Å². The number of piperidine rings is 1. The standard InChI is InChI=1S/C20H21F2N3O3S.ClH/c21-16-5-6-17(22)19(13-16)28-18-7-4-15(14-23)12-20(18)29(26,27)24-8-11-25-9-2-1-3-10-25;/h4-7,12-13,24H,1-3,8-11H2;1H. The molecule has 2 aromatic carbocycles. The van der Waals surface area contributed by atoms with E-state index < -0.39 is 27.4 Å². The highest BCUT2D eigenvalue weighted by atomic mass is 35.5. The topological polar surface area (TPSA) is 82.4 Å². The third-order valence-electron chi connectivity index (χ3n) is 4.64. The minimum Gasteiger partial charge on any atom is -0.453 e. The van der Waals surface area contributed by atoms with Gasteiger partial charge in [-0.3, -0.25) is 0 Å². The SMILES string of the molecule is Cl.N#Cc1ccc(Oc2cc(F)ccc2F)c(S(=O)(=O)NCCN2CCCCC2)c1. The number of nitriles is 1. The Kier molecular flexibility index (Phi) is 8.55. The van der Waals surface area contributed by atoms with E-state index in [1.807, 2.05) is 6.07 Å². The summed E-state index contributed by atoms with van der Waals surface area (Å²) in [4.78, 5) is 1.87. The molecule has 1 heterocycles. The van der Waals surface area contributed by atoms with Crippen molar-refractivity contribution in [2.24, 2.45) is 0 Å². The van der Waals surface area contributed by atoms with Crippen molar-refractivity contribution in [3.8, 4) is 17.6 Å². The lowest BCUT2D eigenvalue weighted by atomic mass is 10.1. The fraction of sp³-hybridized carbons (Fsp3) is 0.350. The van der Waals surface area contributed by atoms with Crippen LogP contribution in [-0.2, 0) is 10.0 Å². The Hall–Kier alpha value is -2.25. The van der Waals surface area contributed by atoms with Gasteiger partial charge in [-0.2, -0.15) is 5.26 Å². The molecule has 6 nitrogen and oxygen atoms in total. The maximum absolute atomic E-state index is 13.9. The predicted molar refractivity (Wildman–Crippen MR) is 110 cm³/mol. The molecule has 1 saturated heterocycles. The van der Waals surface area contributed by atoms with E-state index in [0.29, 0.717) is 6.54 Å². The molecule has 162 valence electrons. The van der Waals surface area contributed by atoms with Gasteiger partial charge in [-0.05, 0) is 56.3 Å². The zero-order valence-corrected chi connectivity index (χ0v) is 17.7. The molecule has 0 spiro atoms. The van der Waals surface area contributed by atoms with Crippen LogP contribution in [0.1, 0.15) is 24.8 Å². The zero-order chi connectivity index (χ0) is 20.9. The maximum Gasteiger partial charge on any atom is 0.244 e. The van der Waals surface area contributed by atoms with E-state index in [4.69, 9.17) is 10.00 Å². The maximum atomic E-state index is 13.9. The van der Waals surface area contributed by atoms with Crippen LogP contribution in [0.2, 0.25) is 0 Å². The summed E-state index contributed by atoms with van der Waals surface area (Å²) in [6.07, 6.45) is 3.36. The number of hydrogen-bond acceptors (Lipinski definition) is 5. The third-order valence-corrected chi connectivity index (χ3v) is 6.13. The quantitative estimate of drug-likeness (QED) is 0.683. The Bertz CT molecular complexity index is 1020. The summed E-state index contributed by atoms with van der Waals surface area (Å²) in [5.41, 5.74) is 0.105. The second-order valence-electron chi connectivity index (χ2n) is 6.75. The molecule has 3 rings (SSSR count). The first-order chi connectivity index (χ1) is 13.9. The van der Waals surface area contributed by atoms with E-state index in [2.05, 4.69) is 9.62 Å². The van der Waals surface area contributed by atoms with Crippen molar-refractivity contribution in [3.63, 3.8) is 0 Å². The van der Waals surface area contributed by atoms with Crippen LogP contribution in [0.25, 0.3) is 0 Å². The summed E-state index contributed by atoms with van der Waals surface area (Å²) in [5, 5.41) is 9.11. The van der Waals surface area contributed by atoms with Gasteiger partial charge in [0.1, 0.15) is 16.5 Å². The first-order valence-corrected chi connectivity index (χ1v) is 10.8. The number of halogens is 3. The highest BCUT2D eigenvalue weighted by Gasteiger charge is 2.22. The van der Waals surface area contributed by atoms with Gasteiger partial charge in [0.25, 0.3) is 0 Å². The average molecular weight is 458 g/mol. The molecule has 1 aliphatic rings. The van der Waals surface area contributed by atoms with Crippen molar-refractivity contribution in [1.82, 2.24) is 9.62 Å². The summed E-state index contributed by atoms with van der Waals surface area (Å²) in [5.74, 6) is -2.20. The van der Waals surface area contributed by atoms with Crippen molar-refractivity contribution in [1.29, 1.82) is 5.26 Å². The molecule has 1 aliphatic heterocycles. The van der Waals surface area contributed by atoms with Gasteiger partial charge in [-0.15, -0.1) is 12.4 Å². The molecule has 0 saturated carbocycles. The minimum absolute atomic E-state index is 0. The molecule has 0 aromatic heterocycles. The molecule has 0 unspecified atom stereocenters. The zero-order valence-electron chi connectivity index (χ0n) is 16.1. The van der Waals surface area contributed by atoms with Gasteiger partial charge in [-0.1, -0.05) is 6.42 Å². The number of benzene rings is 2. The highest BCUT2D eigenvalue weighted by molar-refractivity contribution is 7.89. The number of hydrogen-bond donors (Lipinski definition) is 1. The smallest absolute Gasteiger partial charge is 0.244 e. The molecule has 1 N–H and O–H groups in total. The van der Waals surface area contributed by atoms with Gasteiger partial charge in [-0.25, -0.2) is 21.9 Å². The molecular weight excluding hydrogens is 436 g/mol. The predicted octanol–water partition coefficient (Wildman–Crippen LogP) is 3.81. The lowest BCUT2D eigenvalue weighted by Crippen LogP contribution is -2.37. The van der Waals surface area contributed by atoms with Crippen molar-refractivity contribution in [2.75, 3.05) is 26.2 Å². The number of nitrogens with zero attached hydrogens (tertiary/aromatic N) is 2. The summed E-state index contributed by atoms with van der Waals surface area (Å²) in [6, 6.07) is 8.26. The first-order valence-electron chi connectivity index (χ1n) is 9.28. The molecule has 0 bridgehead atoms. The Labute approximate surface area is 180 Å². The summed E-state index contributed by atoms with van der Waals surface area (Å²) < 4.78 is 60.8. The van der Waals surface area contributed by atoms with E-state index in [9.17, 15) is 17.2 Å². The van der Waals surface area contributed by atoms with Gasteiger partial charge < -0.3 is 9.64 Å². The summed E-state index contributed by atoms with van der Waals surface area (Å²) >= 11 is 0. The average Bonchev–Trinajstić information content (AvgIpc) is 2.71. The van der Waals surface area contributed by atoms with Crippen molar-refractivity contribution in [2.45, 2.75) is 24.2 Å². The number of likely N-dealkylation sites (tertiary alicyclic amines) is 1. The first kappa shape index (κ1) is 24.0. The lowest BCUT2D eigenvalue weighted by molar-refractivity contribution is 0.232. The fourth-order valence-electron chi connectivity index (χ4n) is 3.14. The molecular formula is C20H22ClF2N3O3S. The number of ether oxygens (including phenoxy) is 1. The van der Waals surface area contributed by atoms with Crippen LogP contribution in [0.5, 0.6) is 11.5 Å². The van der Waals surface area contributed by atoms with E-state index in [0.717, 1.165) is 50.2 Å².